The van der Waals surface area contributed by atoms with Crippen molar-refractivity contribution in [2.24, 2.45) is 0 Å². The molecule has 0 radical (unpaired) electrons. The van der Waals surface area contributed by atoms with Gasteiger partial charge in [-0.25, -0.2) is 0 Å². The summed E-state index contributed by atoms with van der Waals surface area (Å²) in [7, 11) is 1.61. The summed E-state index contributed by atoms with van der Waals surface area (Å²) in [5.41, 5.74) is 7.43. The molecule has 16 heavy (non-hydrogen) atoms. The first-order valence-electron chi connectivity index (χ1n) is 4.69. The highest BCUT2D eigenvalue weighted by Gasteiger charge is 2.15. The normalized spacial score (nSPS) is 10.4. The van der Waals surface area contributed by atoms with Gasteiger partial charge in [0.25, 0.3) is 0 Å². The second-order valence-electron chi connectivity index (χ2n) is 3.39. The lowest BCUT2D eigenvalue weighted by atomic mass is 10.1. The number of aryl methyl sites for hydroxylation is 1. The third kappa shape index (κ3) is 1.78. The van der Waals surface area contributed by atoms with E-state index in [4.69, 9.17) is 15.0 Å². The molecule has 1 aromatic heterocycles. The number of methoxy groups -OCH3 is 1. The van der Waals surface area contributed by atoms with E-state index in [2.05, 4.69) is 21.1 Å². The van der Waals surface area contributed by atoms with E-state index >= 15 is 0 Å². The summed E-state index contributed by atoms with van der Waals surface area (Å²) in [4.78, 5) is 0. The number of anilines is 1. The highest BCUT2D eigenvalue weighted by atomic mass is 79.9. The van der Waals surface area contributed by atoms with Gasteiger partial charge in [0, 0.05) is 6.07 Å². The van der Waals surface area contributed by atoms with Crippen LogP contribution in [0, 0.1) is 6.92 Å². The summed E-state index contributed by atoms with van der Waals surface area (Å²) in [6, 6.07) is 5.55. The van der Waals surface area contributed by atoms with Crippen LogP contribution in [0.3, 0.4) is 0 Å². The monoisotopic (exact) mass is 282 g/mol. The summed E-state index contributed by atoms with van der Waals surface area (Å²) in [5, 5.41) is 3.65. The molecule has 1 aromatic carbocycles. The number of aromatic nitrogens is 1. The van der Waals surface area contributed by atoms with Crippen molar-refractivity contribution in [3.05, 3.63) is 28.2 Å². The Morgan fingerprint density at radius 2 is 2.19 bits per heavy atom. The molecule has 0 atom stereocenters. The molecular weight excluding hydrogens is 272 g/mol. The van der Waals surface area contributed by atoms with Gasteiger partial charge in [0.05, 0.1) is 17.1 Å². The number of ether oxygens (including phenoxy) is 1. The van der Waals surface area contributed by atoms with E-state index in [0.717, 1.165) is 21.3 Å². The number of hydrogen-bond acceptors (Lipinski definition) is 4. The van der Waals surface area contributed by atoms with Crippen LogP contribution in [0.15, 0.2) is 27.2 Å². The van der Waals surface area contributed by atoms with Gasteiger partial charge in [-0.15, -0.1) is 0 Å². The molecule has 0 aliphatic heterocycles. The fourth-order valence-electron chi connectivity index (χ4n) is 1.46. The Kier molecular flexibility index (Phi) is 2.87. The number of benzene rings is 1. The summed E-state index contributed by atoms with van der Waals surface area (Å²) in [6.45, 7) is 1.99. The molecule has 2 aromatic rings. The Labute approximate surface area is 102 Å². The first-order valence-corrected chi connectivity index (χ1v) is 5.48. The zero-order chi connectivity index (χ0) is 11.7. The maximum Gasteiger partial charge on any atom is 0.172 e. The zero-order valence-electron chi connectivity index (χ0n) is 8.95. The van der Waals surface area contributed by atoms with Gasteiger partial charge in [-0.1, -0.05) is 11.2 Å². The van der Waals surface area contributed by atoms with Crippen molar-refractivity contribution < 1.29 is 9.26 Å². The highest BCUT2D eigenvalue weighted by molar-refractivity contribution is 9.10. The third-order valence-corrected chi connectivity index (χ3v) is 3.27. The molecule has 84 valence electrons. The first kappa shape index (κ1) is 11.0. The van der Waals surface area contributed by atoms with E-state index in [0.29, 0.717) is 11.6 Å². The van der Waals surface area contributed by atoms with Gasteiger partial charge in [-0.3, -0.25) is 0 Å². The van der Waals surface area contributed by atoms with Crippen LogP contribution < -0.4 is 10.5 Å². The fraction of sp³-hybridized carbons (Fsp3) is 0.182. The van der Waals surface area contributed by atoms with E-state index < -0.39 is 0 Å². The number of nitrogen functional groups attached to an aromatic ring is 1. The van der Waals surface area contributed by atoms with Crippen molar-refractivity contribution >= 4 is 21.7 Å². The summed E-state index contributed by atoms with van der Waals surface area (Å²) in [6.07, 6.45) is 0. The molecule has 2 rings (SSSR count). The van der Waals surface area contributed by atoms with E-state index in [-0.39, 0.29) is 0 Å². The Morgan fingerprint density at radius 3 is 2.75 bits per heavy atom. The molecule has 0 fully saturated rings. The number of hydrogen-bond donors (Lipinski definition) is 1. The fourth-order valence-corrected chi connectivity index (χ4v) is 1.97. The van der Waals surface area contributed by atoms with Gasteiger partial charge in [-0.2, -0.15) is 0 Å². The van der Waals surface area contributed by atoms with E-state index in [1.165, 1.54) is 0 Å². The number of halogens is 1. The molecule has 4 nitrogen and oxygen atoms in total. The van der Waals surface area contributed by atoms with Crippen LogP contribution in [-0.2, 0) is 0 Å². The zero-order valence-corrected chi connectivity index (χ0v) is 10.5. The van der Waals surface area contributed by atoms with Crippen LogP contribution in [-0.4, -0.2) is 12.3 Å². The Morgan fingerprint density at radius 1 is 1.44 bits per heavy atom. The second-order valence-corrected chi connectivity index (χ2v) is 4.19. The van der Waals surface area contributed by atoms with Gasteiger partial charge in [-0.05, 0) is 34.5 Å². The molecule has 0 bridgehead atoms. The van der Waals surface area contributed by atoms with Gasteiger partial charge in [0.15, 0.2) is 11.6 Å². The van der Waals surface area contributed by atoms with Crippen LogP contribution in [0.25, 0.3) is 11.3 Å². The van der Waals surface area contributed by atoms with Crippen LogP contribution in [0.2, 0.25) is 0 Å². The molecule has 5 heteroatoms. The molecule has 0 saturated carbocycles. The van der Waals surface area contributed by atoms with Gasteiger partial charge < -0.3 is 15.0 Å². The van der Waals surface area contributed by atoms with Crippen LogP contribution in [0.5, 0.6) is 5.75 Å². The van der Waals surface area contributed by atoms with Crippen molar-refractivity contribution in [1.82, 2.24) is 5.16 Å². The quantitative estimate of drug-likeness (QED) is 0.920. The molecule has 0 spiro atoms. The largest absolute Gasteiger partial charge is 0.495 e. The van der Waals surface area contributed by atoms with Crippen molar-refractivity contribution in [1.29, 1.82) is 0 Å². The summed E-state index contributed by atoms with van der Waals surface area (Å²) < 4.78 is 11.4. The van der Waals surface area contributed by atoms with Crippen molar-refractivity contribution in [3.8, 4) is 17.1 Å². The molecule has 0 aliphatic rings. The van der Waals surface area contributed by atoms with Gasteiger partial charge in [0.2, 0.25) is 0 Å². The molecule has 0 saturated heterocycles. The maximum absolute atomic E-state index is 5.52. The van der Waals surface area contributed by atoms with Crippen LogP contribution in [0.4, 0.5) is 5.82 Å². The maximum atomic E-state index is 5.52. The van der Waals surface area contributed by atoms with Crippen LogP contribution >= 0.6 is 15.9 Å². The number of nitrogens with two attached hydrogens (primary N) is 1. The minimum absolute atomic E-state index is 0.355. The smallest absolute Gasteiger partial charge is 0.172 e. The molecule has 0 aliphatic carbocycles. The average molecular weight is 283 g/mol. The van der Waals surface area contributed by atoms with E-state index in [1.807, 2.05) is 19.1 Å². The van der Waals surface area contributed by atoms with Crippen molar-refractivity contribution in [2.45, 2.75) is 6.92 Å². The summed E-state index contributed by atoms with van der Waals surface area (Å²) in [5.74, 6) is 1.67. The lowest BCUT2D eigenvalue weighted by molar-refractivity contribution is 0.404. The standard InChI is InChI=1S/C11H11BrN2O2/c1-6-3-4-7(11(15-2)10(6)12)8-5-9(13)14-16-8/h3-5H,1-2H3,(H2,13,14). The lowest BCUT2D eigenvalue weighted by Crippen LogP contribution is -1.90. The molecular formula is C11H11BrN2O2. The molecule has 2 N–H and O–H groups in total. The van der Waals surface area contributed by atoms with E-state index in [1.54, 1.807) is 13.2 Å². The van der Waals surface area contributed by atoms with Gasteiger partial charge in [0.1, 0.15) is 5.75 Å². The van der Waals surface area contributed by atoms with E-state index in [9.17, 15) is 0 Å². The Balaban J connectivity index is 2.61. The summed E-state index contributed by atoms with van der Waals surface area (Å²) >= 11 is 3.48. The predicted octanol–water partition coefficient (Wildman–Crippen LogP) is 3.00. The average Bonchev–Trinajstić information content (AvgIpc) is 2.68. The first-order chi connectivity index (χ1) is 7.63. The Bertz CT molecular complexity index is 523. The number of nitrogens with zero attached hydrogens (tertiary/aromatic N) is 1. The van der Waals surface area contributed by atoms with Gasteiger partial charge >= 0.3 is 0 Å². The van der Waals surface area contributed by atoms with Crippen LogP contribution in [0.1, 0.15) is 5.56 Å². The number of rotatable bonds is 2. The predicted molar refractivity (Wildman–Crippen MR) is 65.3 cm³/mol. The topological polar surface area (TPSA) is 61.3 Å². The Hall–Kier alpha value is -1.49. The minimum atomic E-state index is 0.355. The highest BCUT2D eigenvalue weighted by Crippen LogP contribution is 2.38. The minimum Gasteiger partial charge on any atom is -0.495 e. The second kappa shape index (κ2) is 4.17. The molecule has 0 unspecified atom stereocenters. The van der Waals surface area contributed by atoms with Crippen molar-refractivity contribution in [2.75, 3.05) is 12.8 Å². The molecule has 0 amide bonds. The SMILES string of the molecule is COc1c(-c2cc(N)no2)ccc(C)c1Br. The molecule has 1 heterocycles. The third-order valence-electron chi connectivity index (χ3n) is 2.29. The lowest BCUT2D eigenvalue weighted by Gasteiger charge is -2.09. The van der Waals surface area contributed by atoms with Crippen molar-refractivity contribution in [3.63, 3.8) is 0 Å².